The van der Waals surface area contributed by atoms with Crippen LogP contribution in [-0.2, 0) is 0 Å². The van der Waals surface area contributed by atoms with Crippen molar-refractivity contribution < 1.29 is 19.0 Å². The van der Waals surface area contributed by atoms with Gasteiger partial charge in [0.2, 0.25) is 0 Å². The number of hydrogen-bond donors (Lipinski definition) is 1. The number of phenolic OH excluding ortho intramolecular Hbond substituents is 1. The van der Waals surface area contributed by atoms with Gasteiger partial charge in [-0.1, -0.05) is 117 Å². The van der Waals surface area contributed by atoms with Crippen molar-refractivity contribution in [2.24, 2.45) is 20.5 Å². The third-order valence-electron chi connectivity index (χ3n) is 10.1. The first-order valence-electron chi connectivity index (χ1n) is 20.1. The standard InChI is InChI=1S/C49H48N4O5/c1-34-18-12-15-23-42(34)51-50-38-25-26-43(35(2)30-38)52-53-49-40-22-14-13-21-37(40)24-27-44(49)56-28-16-7-5-3-4-6-8-17-29-57-45-31-39(54)32-46-48(45)41(33-47(55)58-46)36-19-10-9-11-20-36/h9-15,18-27,30-33,54H,3-8,16-17,28-29H2,1-2H3/b51-50+,53-52+. The third-order valence-corrected chi connectivity index (χ3v) is 10.1. The number of fused-ring (bicyclic) bond motifs is 2. The second kappa shape index (κ2) is 19.5. The first-order valence-corrected chi connectivity index (χ1v) is 20.1. The summed E-state index contributed by atoms with van der Waals surface area (Å²) in [6, 6.07) is 40.1. The van der Waals surface area contributed by atoms with Crippen LogP contribution in [0, 0.1) is 13.8 Å². The van der Waals surface area contributed by atoms with Gasteiger partial charge in [-0.3, -0.25) is 0 Å². The monoisotopic (exact) mass is 772 g/mol. The Bertz CT molecular complexity index is 2600. The van der Waals surface area contributed by atoms with Crippen LogP contribution in [0.4, 0.5) is 22.7 Å². The Morgan fingerprint density at radius 1 is 0.569 bits per heavy atom. The molecule has 0 aliphatic rings. The van der Waals surface area contributed by atoms with Gasteiger partial charge in [0.25, 0.3) is 0 Å². The number of rotatable bonds is 18. The molecule has 1 heterocycles. The average molecular weight is 773 g/mol. The first-order chi connectivity index (χ1) is 28.4. The molecule has 0 bridgehead atoms. The summed E-state index contributed by atoms with van der Waals surface area (Å²) in [7, 11) is 0. The SMILES string of the molecule is Cc1ccccc1/N=N/c1ccc(/N=N/c2c(OCCCCCCCCCCOc3cc(O)cc4oc(=O)cc(-c5ccccc5)c34)ccc3ccccc23)c(C)c1. The molecule has 0 saturated carbocycles. The molecular formula is C49H48N4O5. The molecule has 7 aromatic rings. The lowest BCUT2D eigenvalue weighted by molar-refractivity contribution is 0.302. The zero-order chi connectivity index (χ0) is 40.1. The number of aromatic hydroxyl groups is 1. The van der Waals surface area contributed by atoms with Crippen LogP contribution in [0.3, 0.4) is 0 Å². The molecule has 9 heteroatoms. The maximum absolute atomic E-state index is 12.3. The molecule has 9 nitrogen and oxygen atoms in total. The van der Waals surface area contributed by atoms with Gasteiger partial charge in [0.15, 0.2) is 0 Å². The van der Waals surface area contributed by atoms with Crippen LogP contribution in [0.25, 0.3) is 32.9 Å². The quantitative estimate of drug-likeness (QED) is 0.0529. The molecule has 0 aliphatic heterocycles. The molecule has 294 valence electrons. The largest absolute Gasteiger partial charge is 0.508 e. The van der Waals surface area contributed by atoms with E-state index in [1.807, 2.05) is 105 Å². The highest BCUT2D eigenvalue weighted by Gasteiger charge is 2.15. The number of azo groups is 2. The van der Waals surface area contributed by atoms with E-state index in [1.54, 1.807) is 6.07 Å². The van der Waals surface area contributed by atoms with E-state index in [1.165, 1.54) is 18.6 Å². The highest BCUT2D eigenvalue weighted by Crippen LogP contribution is 2.39. The summed E-state index contributed by atoms with van der Waals surface area (Å²) < 4.78 is 17.9. The molecule has 0 radical (unpaired) electrons. The fourth-order valence-corrected chi connectivity index (χ4v) is 7.00. The van der Waals surface area contributed by atoms with Crippen molar-refractivity contribution in [3.05, 3.63) is 149 Å². The number of ether oxygens (including phenoxy) is 2. The zero-order valence-electron chi connectivity index (χ0n) is 33.1. The Balaban J connectivity index is 0.855. The van der Waals surface area contributed by atoms with Crippen molar-refractivity contribution >= 4 is 44.5 Å². The van der Waals surface area contributed by atoms with Crippen molar-refractivity contribution in [1.82, 2.24) is 0 Å². The average Bonchev–Trinajstić information content (AvgIpc) is 3.23. The number of aryl methyl sites for hydroxylation is 2. The van der Waals surface area contributed by atoms with Gasteiger partial charge in [-0.15, -0.1) is 5.11 Å². The van der Waals surface area contributed by atoms with Crippen LogP contribution in [0.5, 0.6) is 17.2 Å². The second-order valence-electron chi connectivity index (χ2n) is 14.5. The topological polar surface area (TPSA) is 118 Å². The molecule has 0 fully saturated rings. The summed E-state index contributed by atoms with van der Waals surface area (Å²) >= 11 is 0. The summed E-state index contributed by atoms with van der Waals surface area (Å²) in [4.78, 5) is 12.3. The minimum atomic E-state index is -0.471. The summed E-state index contributed by atoms with van der Waals surface area (Å²) in [5.41, 5.74) is 6.58. The highest BCUT2D eigenvalue weighted by molar-refractivity contribution is 5.98. The maximum atomic E-state index is 12.3. The van der Waals surface area contributed by atoms with Gasteiger partial charge in [0.05, 0.1) is 35.7 Å². The summed E-state index contributed by atoms with van der Waals surface area (Å²) in [6.45, 7) is 5.14. The van der Waals surface area contributed by atoms with E-state index in [0.717, 1.165) is 106 Å². The van der Waals surface area contributed by atoms with Crippen molar-refractivity contribution in [3.8, 4) is 28.4 Å². The molecule has 0 saturated heterocycles. The Kier molecular flexibility index (Phi) is 13.3. The number of unbranched alkanes of at least 4 members (excludes halogenated alkanes) is 7. The van der Waals surface area contributed by atoms with E-state index in [0.29, 0.717) is 29.9 Å². The fraction of sp³-hybridized carbons (Fsp3) is 0.245. The first kappa shape index (κ1) is 39.6. The van der Waals surface area contributed by atoms with Crippen LogP contribution < -0.4 is 15.1 Å². The third kappa shape index (κ3) is 10.2. The molecule has 1 N–H and O–H groups in total. The lowest BCUT2D eigenvalue weighted by Gasteiger charge is -2.13. The van der Waals surface area contributed by atoms with E-state index in [2.05, 4.69) is 33.5 Å². The van der Waals surface area contributed by atoms with Crippen molar-refractivity contribution in [1.29, 1.82) is 0 Å². The minimum Gasteiger partial charge on any atom is -0.508 e. The van der Waals surface area contributed by atoms with Gasteiger partial charge in [0.1, 0.15) is 28.5 Å². The Hall–Kier alpha value is -6.61. The second-order valence-corrected chi connectivity index (χ2v) is 14.5. The molecular weight excluding hydrogens is 725 g/mol. The van der Waals surface area contributed by atoms with E-state index < -0.39 is 5.63 Å². The fourth-order valence-electron chi connectivity index (χ4n) is 7.00. The van der Waals surface area contributed by atoms with Gasteiger partial charge in [0, 0.05) is 29.1 Å². The molecule has 0 amide bonds. The molecule has 1 aromatic heterocycles. The lowest BCUT2D eigenvalue weighted by Crippen LogP contribution is -2.02. The Labute approximate surface area is 338 Å². The molecule has 0 unspecified atom stereocenters. The highest BCUT2D eigenvalue weighted by atomic mass is 16.5. The van der Waals surface area contributed by atoms with Crippen molar-refractivity contribution in [2.45, 2.75) is 65.2 Å². The van der Waals surface area contributed by atoms with Crippen LogP contribution in [0.2, 0.25) is 0 Å². The van der Waals surface area contributed by atoms with E-state index >= 15 is 0 Å². The molecule has 6 aromatic carbocycles. The lowest BCUT2D eigenvalue weighted by atomic mass is 10.0. The molecule has 0 atom stereocenters. The maximum Gasteiger partial charge on any atom is 0.336 e. The van der Waals surface area contributed by atoms with Gasteiger partial charge in [-0.2, -0.15) is 15.3 Å². The Morgan fingerprint density at radius 3 is 1.98 bits per heavy atom. The minimum absolute atomic E-state index is 0.00353. The van der Waals surface area contributed by atoms with Crippen molar-refractivity contribution in [2.75, 3.05) is 13.2 Å². The number of phenols is 1. The van der Waals surface area contributed by atoms with Gasteiger partial charge in [-0.05, 0) is 79.1 Å². The van der Waals surface area contributed by atoms with Crippen LogP contribution in [-0.4, -0.2) is 18.3 Å². The van der Waals surface area contributed by atoms with Crippen LogP contribution >= 0.6 is 0 Å². The summed E-state index contributed by atoms with van der Waals surface area (Å²) in [6.07, 6.45) is 8.57. The smallest absolute Gasteiger partial charge is 0.336 e. The predicted octanol–water partition coefficient (Wildman–Crippen LogP) is 14.3. The summed E-state index contributed by atoms with van der Waals surface area (Å²) in [5, 5.41) is 31.3. The van der Waals surface area contributed by atoms with Crippen LogP contribution in [0.15, 0.2) is 157 Å². The molecule has 58 heavy (non-hydrogen) atoms. The molecule has 0 aliphatic carbocycles. The number of benzene rings is 6. The van der Waals surface area contributed by atoms with E-state index in [9.17, 15) is 9.90 Å². The van der Waals surface area contributed by atoms with E-state index in [-0.39, 0.29) is 5.75 Å². The predicted molar refractivity (Wildman–Crippen MR) is 232 cm³/mol. The number of hydrogen-bond acceptors (Lipinski definition) is 9. The normalized spacial score (nSPS) is 11.6. The van der Waals surface area contributed by atoms with Crippen molar-refractivity contribution in [3.63, 3.8) is 0 Å². The van der Waals surface area contributed by atoms with E-state index in [4.69, 9.17) is 19.0 Å². The zero-order valence-corrected chi connectivity index (χ0v) is 33.1. The number of nitrogens with zero attached hydrogens (tertiary/aromatic N) is 4. The van der Waals surface area contributed by atoms with Gasteiger partial charge >= 0.3 is 5.63 Å². The Morgan fingerprint density at radius 2 is 1.22 bits per heavy atom. The molecule has 0 spiro atoms. The van der Waals surface area contributed by atoms with Gasteiger partial charge in [-0.25, -0.2) is 4.79 Å². The van der Waals surface area contributed by atoms with Gasteiger partial charge < -0.3 is 19.0 Å². The summed E-state index contributed by atoms with van der Waals surface area (Å²) in [5.74, 6) is 1.24. The van der Waals surface area contributed by atoms with Crippen LogP contribution in [0.1, 0.15) is 62.5 Å². The molecule has 7 rings (SSSR count).